The summed E-state index contributed by atoms with van der Waals surface area (Å²) in [6.45, 7) is 5.16. The zero-order valence-electron chi connectivity index (χ0n) is 18.5. The number of amides is 2. The molecule has 1 saturated carbocycles. The lowest BCUT2D eigenvalue weighted by atomic mass is 9.93. The zero-order valence-corrected chi connectivity index (χ0v) is 18.5. The molecule has 1 aromatic rings. The average molecular weight is 440 g/mol. The number of nitriles is 1. The zero-order chi connectivity index (χ0) is 22.7. The van der Waals surface area contributed by atoms with Crippen LogP contribution in [0.15, 0.2) is 24.3 Å². The lowest BCUT2D eigenvalue weighted by Crippen LogP contribution is -2.57. The molecule has 7 atom stereocenters. The van der Waals surface area contributed by atoms with Gasteiger partial charge in [-0.15, -0.1) is 0 Å². The van der Waals surface area contributed by atoms with Gasteiger partial charge in [0.2, 0.25) is 11.8 Å². The van der Waals surface area contributed by atoms with E-state index in [2.05, 4.69) is 19.9 Å². The number of fused-ring (bicyclic) bond motifs is 3. The van der Waals surface area contributed by atoms with Crippen LogP contribution in [-0.2, 0) is 9.59 Å². The van der Waals surface area contributed by atoms with E-state index in [4.69, 9.17) is 5.73 Å². The first kappa shape index (κ1) is 21.4. The van der Waals surface area contributed by atoms with E-state index in [1.807, 2.05) is 9.80 Å². The molecule has 0 radical (unpaired) electrons. The Labute approximate surface area is 187 Å². The third-order valence-electron chi connectivity index (χ3n) is 7.71. The van der Waals surface area contributed by atoms with Gasteiger partial charge in [0.1, 0.15) is 11.9 Å². The summed E-state index contributed by atoms with van der Waals surface area (Å²) in [7, 11) is 0. The fraction of sp³-hybridized carbons (Fsp3) is 0.625. The van der Waals surface area contributed by atoms with Crippen molar-refractivity contribution in [3.05, 3.63) is 35.6 Å². The minimum Gasteiger partial charge on any atom is -0.330 e. The topological polar surface area (TPSA) is 93.7 Å². The Morgan fingerprint density at radius 2 is 1.97 bits per heavy atom. The van der Waals surface area contributed by atoms with Crippen LogP contribution in [-0.4, -0.2) is 69.8 Å². The van der Waals surface area contributed by atoms with Gasteiger partial charge < -0.3 is 15.5 Å². The van der Waals surface area contributed by atoms with Crippen LogP contribution >= 0.6 is 0 Å². The van der Waals surface area contributed by atoms with Crippen LogP contribution in [0, 0.1) is 29.0 Å². The highest BCUT2D eigenvalue weighted by atomic mass is 19.1. The van der Waals surface area contributed by atoms with Crippen LogP contribution in [0.4, 0.5) is 4.39 Å². The van der Waals surface area contributed by atoms with E-state index < -0.39 is 6.04 Å². The Balaban J connectivity index is 1.27. The Hall–Kier alpha value is -2.50. The highest BCUT2D eigenvalue weighted by molar-refractivity contribution is 5.87. The van der Waals surface area contributed by atoms with Gasteiger partial charge in [-0.1, -0.05) is 26.0 Å². The fourth-order valence-electron chi connectivity index (χ4n) is 6.19. The molecule has 2 bridgehead atoms. The largest absolute Gasteiger partial charge is 0.330 e. The summed E-state index contributed by atoms with van der Waals surface area (Å²) in [5.41, 5.74) is 7.24. The lowest BCUT2D eigenvalue weighted by Gasteiger charge is -2.41. The van der Waals surface area contributed by atoms with Gasteiger partial charge in [0.05, 0.1) is 24.2 Å². The normalized spacial score (nSPS) is 32.9. The molecule has 2 amide bonds. The summed E-state index contributed by atoms with van der Waals surface area (Å²) in [5, 5.41) is 9.38. The number of carbonyl (C=O) groups excluding carboxylic acids is 2. The Morgan fingerprint density at radius 1 is 1.25 bits per heavy atom. The summed E-state index contributed by atoms with van der Waals surface area (Å²) in [5.74, 6) is 0.241. The number of piperazine rings is 1. The van der Waals surface area contributed by atoms with E-state index in [0.717, 1.165) is 24.8 Å². The van der Waals surface area contributed by atoms with Crippen molar-refractivity contribution in [1.82, 2.24) is 14.7 Å². The molecule has 4 fully saturated rings. The third-order valence-corrected chi connectivity index (χ3v) is 7.71. The number of likely N-dealkylation sites (tertiary alicyclic amines) is 3. The second-order valence-electron chi connectivity index (χ2n) is 10.1. The first-order chi connectivity index (χ1) is 15.3. The Kier molecular flexibility index (Phi) is 5.22. The van der Waals surface area contributed by atoms with Crippen molar-refractivity contribution in [1.29, 1.82) is 5.26 Å². The van der Waals surface area contributed by atoms with E-state index in [1.54, 1.807) is 17.0 Å². The van der Waals surface area contributed by atoms with Crippen LogP contribution in [0.2, 0.25) is 0 Å². The van der Waals surface area contributed by atoms with Gasteiger partial charge in [0.15, 0.2) is 0 Å². The maximum atomic E-state index is 13.4. The molecule has 1 aromatic carbocycles. The minimum absolute atomic E-state index is 0.0544. The van der Waals surface area contributed by atoms with Crippen LogP contribution < -0.4 is 5.73 Å². The number of halogens is 1. The SMILES string of the molecule is CC(C)[C@@H](c1ccc(F)cc1)N1C(=O)[C@@H]2C[C@H]1CN2C[C@H](N)C(=O)N1[C@H](C#N)C[C@@H]2C[C@@H]21. The molecule has 32 heavy (non-hydrogen) atoms. The number of piperidine rings is 1. The maximum Gasteiger partial charge on any atom is 0.242 e. The Morgan fingerprint density at radius 3 is 2.59 bits per heavy atom. The molecule has 3 heterocycles. The average Bonchev–Trinajstić information content (AvgIpc) is 3.10. The second-order valence-corrected chi connectivity index (χ2v) is 10.1. The van der Waals surface area contributed by atoms with Gasteiger partial charge in [0, 0.05) is 25.2 Å². The first-order valence-corrected chi connectivity index (χ1v) is 11.6. The summed E-state index contributed by atoms with van der Waals surface area (Å²) in [4.78, 5) is 32.1. The molecule has 7 nitrogen and oxygen atoms in total. The van der Waals surface area contributed by atoms with Crippen LogP contribution in [0.3, 0.4) is 0 Å². The van der Waals surface area contributed by atoms with Crippen molar-refractivity contribution < 1.29 is 14.0 Å². The van der Waals surface area contributed by atoms with Crippen molar-refractivity contribution in [3.63, 3.8) is 0 Å². The second kappa shape index (κ2) is 7.82. The van der Waals surface area contributed by atoms with Crippen molar-refractivity contribution in [2.24, 2.45) is 17.6 Å². The van der Waals surface area contributed by atoms with Crippen LogP contribution in [0.25, 0.3) is 0 Å². The molecular formula is C24H30FN5O2. The predicted octanol–water partition coefficient (Wildman–Crippen LogP) is 1.65. The van der Waals surface area contributed by atoms with Crippen molar-refractivity contribution >= 4 is 11.8 Å². The number of nitrogens with zero attached hydrogens (tertiary/aromatic N) is 4. The van der Waals surface area contributed by atoms with Crippen molar-refractivity contribution in [3.8, 4) is 6.07 Å². The fourth-order valence-corrected chi connectivity index (χ4v) is 6.19. The number of hydrogen-bond acceptors (Lipinski definition) is 5. The van der Waals surface area contributed by atoms with Gasteiger partial charge in [-0.25, -0.2) is 4.39 Å². The molecule has 4 aliphatic rings. The quantitative estimate of drug-likeness (QED) is 0.728. The summed E-state index contributed by atoms with van der Waals surface area (Å²) in [6, 6.07) is 7.39. The lowest BCUT2D eigenvalue weighted by molar-refractivity contribution is -0.142. The first-order valence-electron chi connectivity index (χ1n) is 11.6. The number of hydrogen-bond donors (Lipinski definition) is 1. The molecule has 0 aromatic heterocycles. The highest BCUT2D eigenvalue weighted by Crippen LogP contribution is 2.48. The highest BCUT2D eigenvalue weighted by Gasteiger charge is 2.56. The Bertz CT molecular complexity index is 960. The van der Waals surface area contributed by atoms with E-state index in [1.165, 1.54) is 12.1 Å². The molecule has 3 aliphatic heterocycles. The van der Waals surface area contributed by atoms with E-state index in [-0.39, 0.29) is 53.8 Å². The molecule has 2 N–H and O–H groups in total. The van der Waals surface area contributed by atoms with Crippen LogP contribution in [0.1, 0.15) is 44.7 Å². The molecule has 1 aliphatic carbocycles. The standard InChI is InChI=1S/C24H30FN5O2/c1-13(2)22(14-3-5-16(25)6-4-14)30-18-9-21(24(30)32)28(11-18)12-19(27)23(31)29-17(10-26)7-15-8-20(15)29/h3-6,13,15,17-22H,7-9,11-12,27H2,1-2H3/t15-,17+,18+,19+,20+,21+,22+/m1/s1. The molecule has 170 valence electrons. The van der Waals surface area contributed by atoms with E-state index in [0.29, 0.717) is 19.0 Å². The van der Waals surface area contributed by atoms with Crippen molar-refractivity contribution in [2.75, 3.05) is 13.1 Å². The van der Waals surface area contributed by atoms with E-state index in [9.17, 15) is 19.2 Å². The van der Waals surface area contributed by atoms with Gasteiger partial charge in [0.25, 0.3) is 0 Å². The smallest absolute Gasteiger partial charge is 0.242 e. The van der Waals surface area contributed by atoms with Gasteiger partial charge in [-0.05, 0) is 48.8 Å². The monoisotopic (exact) mass is 439 g/mol. The molecule has 0 spiro atoms. The number of carbonyl (C=O) groups is 2. The van der Waals surface area contributed by atoms with Gasteiger partial charge in [-0.3, -0.25) is 14.5 Å². The molecule has 3 saturated heterocycles. The van der Waals surface area contributed by atoms with Crippen molar-refractivity contribution in [2.45, 2.75) is 69.4 Å². The third kappa shape index (κ3) is 3.39. The maximum absolute atomic E-state index is 13.4. The molecular weight excluding hydrogens is 409 g/mol. The minimum atomic E-state index is -0.733. The molecule has 0 unspecified atom stereocenters. The van der Waals surface area contributed by atoms with Crippen LogP contribution in [0.5, 0.6) is 0 Å². The van der Waals surface area contributed by atoms with Gasteiger partial charge >= 0.3 is 0 Å². The van der Waals surface area contributed by atoms with Gasteiger partial charge in [-0.2, -0.15) is 5.26 Å². The predicted molar refractivity (Wildman–Crippen MR) is 115 cm³/mol. The number of nitrogens with two attached hydrogens (primary N) is 1. The summed E-state index contributed by atoms with van der Waals surface area (Å²) >= 11 is 0. The molecule has 5 rings (SSSR count). The molecule has 8 heteroatoms. The number of rotatable bonds is 6. The van der Waals surface area contributed by atoms with E-state index >= 15 is 0 Å². The number of benzene rings is 1. The summed E-state index contributed by atoms with van der Waals surface area (Å²) in [6.07, 6.45) is 2.44. The summed E-state index contributed by atoms with van der Waals surface area (Å²) < 4.78 is 13.4.